The van der Waals surface area contributed by atoms with Crippen molar-refractivity contribution in [2.45, 2.75) is 197 Å². The molecule has 3 N–H and O–H groups in total. The number of nitrogens with one attached hydrogen (secondary N) is 3. The summed E-state index contributed by atoms with van der Waals surface area (Å²) in [5.41, 5.74) is 11.1. The minimum Gasteiger partial charge on any atom is -0.344 e. The molecule has 6 atom stereocenters. The Morgan fingerprint density at radius 2 is 0.865 bits per heavy atom. The lowest BCUT2D eigenvalue weighted by atomic mass is 9.89. The zero-order chi connectivity index (χ0) is 77.7. The van der Waals surface area contributed by atoms with Crippen LogP contribution < -0.4 is 16.0 Å². The SMILES string of the molecule is C[C@@H](NC(=O)c1nn(-c2ccc(F)cc2F)c2c1CCCCC2Cc1cccc(F)c1)c1ccccc1.C[C@@H](NC(=O)c1nn(-c2nccc(C(F)(F)F)n2)c2c1CCCCC2Cc1cccc(Cl)c1)c1ccccc1.C[C@@H](NC(=O)c1nn(C2CCCCC2)c2c1CCCCC2Cc1cccc(F)c1)c1ccccc1. The number of fused-ring (bicyclic) bond motifs is 3. The van der Waals surface area contributed by atoms with Crippen molar-refractivity contribution in [2.75, 3.05) is 0 Å². The lowest BCUT2D eigenvalue weighted by Gasteiger charge is -2.27. The predicted molar refractivity (Wildman–Crippen MR) is 415 cm³/mol. The van der Waals surface area contributed by atoms with Gasteiger partial charge in [0.25, 0.3) is 23.7 Å². The zero-order valence-corrected chi connectivity index (χ0v) is 63.2. The number of carbonyl (C=O) groups excluding carboxylic acids is 3. The first-order valence-corrected chi connectivity index (χ1v) is 39.1. The molecule has 4 aliphatic rings. The van der Waals surface area contributed by atoms with Crippen molar-refractivity contribution in [1.29, 1.82) is 0 Å². The number of carbonyl (C=O) groups is 3. The van der Waals surface area contributed by atoms with E-state index in [1.807, 2.05) is 142 Å². The van der Waals surface area contributed by atoms with Crippen LogP contribution in [0.5, 0.6) is 0 Å². The van der Waals surface area contributed by atoms with E-state index in [-0.39, 0.29) is 82.4 Å². The Hall–Kier alpha value is -10.5. The maximum absolute atomic E-state index is 15.0. The maximum Gasteiger partial charge on any atom is 0.433 e. The fourth-order valence-corrected chi connectivity index (χ4v) is 16.6. The summed E-state index contributed by atoms with van der Waals surface area (Å²) in [5, 5.41) is 24.1. The number of aromatic nitrogens is 8. The molecule has 4 aromatic heterocycles. The van der Waals surface area contributed by atoms with E-state index in [0.29, 0.717) is 48.1 Å². The van der Waals surface area contributed by atoms with Gasteiger partial charge in [-0.1, -0.05) is 178 Å². The number of halogens is 8. The second kappa shape index (κ2) is 36.1. The molecule has 0 radical (unpaired) electrons. The first-order chi connectivity index (χ1) is 53.7. The molecule has 0 spiro atoms. The summed E-state index contributed by atoms with van der Waals surface area (Å²) < 4.78 is 102. The van der Waals surface area contributed by atoms with Crippen LogP contribution in [0.4, 0.5) is 30.7 Å². The summed E-state index contributed by atoms with van der Waals surface area (Å²) in [7, 11) is 0. The van der Waals surface area contributed by atoms with Gasteiger partial charge < -0.3 is 16.0 Å². The van der Waals surface area contributed by atoms with Gasteiger partial charge in [0.1, 0.15) is 28.8 Å². The molecule has 111 heavy (non-hydrogen) atoms. The maximum atomic E-state index is 15.0. The predicted octanol–water partition coefficient (Wildman–Crippen LogP) is 20.8. The summed E-state index contributed by atoms with van der Waals surface area (Å²) >= 11 is 6.23. The first kappa shape index (κ1) is 78.6. The number of amides is 3. The number of rotatable bonds is 18. The van der Waals surface area contributed by atoms with E-state index in [0.717, 1.165) is 158 Å². The lowest BCUT2D eigenvalue weighted by Crippen LogP contribution is -2.28. The third kappa shape index (κ3) is 19.3. The molecule has 15 rings (SSSR count). The van der Waals surface area contributed by atoms with Crippen LogP contribution in [0.3, 0.4) is 0 Å². The van der Waals surface area contributed by atoms with Gasteiger partial charge in [0.15, 0.2) is 22.9 Å². The summed E-state index contributed by atoms with van der Waals surface area (Å²) in [4.78, 5) is 48.6. The van der Waals surface area contributed by atoms with Crippen molar-refractivity contribution < 1.29 is 45.1 Å². The molecule has 11 aromatic rings. The van der Waals surface area contributed by atoms with E-state index in [2.05, 4.69) is 40.8 Å². The van der Waals surface area contributed by atoms with E-state index in [4.69, 9.17) is 16.7 Å². The van der Waals surface area contributed by atoms with Crippen LogP contribution in [0.25, 0.3) is 11.6 Å². The number of hydrogen-bond donors (Lipinski definition) is 3. The summed E-state index contributed by atoms with van der Waals surface area (Å²) in [6.07, 6.45) is 14.5. The van der Waals surface area contributed by atoms with E-state index in [1.165, 1.54) is 64.7 Å². The van der Waals surface area contributed by atoms with Crippen LogP contribution in [-0.2, 0) is 44.7 Å². The minimum atomic E-state index is -4.65. The number of benzene rings is 7. The van der Waals surface area contributed by atoms with E-state index < -0.39 is 29.4 Å². The monoisotopic (exact) mass is 1530 g/mol. The highest BCUT2D eigenvalue weighted by Gasteiger charge is 2.38. The van der Waals surface area contributed by atoms with Crippen LogP contribution in [0.15, 0.2) is 194 Å². The highest BCUT2D eigenvalue weighted by atomic mass is 35.5. The molecule has 4 aliphatic carbocycles. The Morgan fingerprint density at radius 3 is 1.32 bits per heavy atom. The van der Waals surface area contributed by atoms with Gasteiger partial charge in [-0.2, -0.15) is 28.5 Å². The normalized spacial score (nSPS) is 17.2. The molecule has 0 saturated heterocycles. The van der Waals surface area contributed by atoms with Crippen molar-refractivity contribution in [2.24, 2.45) is 0 Å². The molecule has 7 aromatic carbocycles. The van der Waals surface area contributed by atoms with Gasteiger partial charge in [0, 0.05) is 57.4 Å². The molecule has 3 amide bonds. The molecule has 1 saturated carbocycles. The largest absolute Gasteiger partial charge is 0.433 e. The Kier molecular flexibility index (Phi) is 25.5. The van der Waals surface area contributed by atoms with Gasteiger partial charge in [-0.15, -0.1) is 0 Å². The Bertz CT molecular complexity index is 5030. The topological polar surface area (TPSA) is 167 Å². The van der Waals surface area contributed by atoms with Gasteiger partial charge in [-0.05, 0) is 199 Å². The lowest BCUT2D eigenvalue weighted by molar-refractivity contribution is -0.141. The molecule has 22 heteroatoms. The Morgan fingerprint density at radius 1 is 0.450 bits per heavy atom. The number of alkyl halides is 3. The minimum absolute atomic E-state index is 0.0824. The first-order valence-electron chi connectivity index (χ1n) is 38.7. The molecule has 14 nitrogen and oxygen atoms in total. The van der Waals surface area contributed by atoms with Gasteiger partial charge in [0.2, 0.25) is 0 Å². The van der Waals surface area contributed by atoms with Crippen LogP contribution in [0, 0.1) is 23.3 Å². The Labute approximate surface area is 647 Å². The van der Waals surface area contributed by atoms with Crippen LogP contribution in [-0.4, -0.2) is 57.0 Å². The Balaban J connectivity index is 0.000000146. The quantitative estimate of drug-likeness (QED) is 0.0564. The standard InChI is InChI=1S/C30H28F3N3O.C30H36FN3O.C29H27ClF3N5O/c1-19(21-9-3-2-4-10-21)34-30(37)28-25-13-6-5-11-22(16-20-8-7-12-23(31)17-20)29(25)36(35-28)27-15-14-24(32)18-26(27)33;1-21(23-12-4-2-5-13-23)32-30(35)28-27-18-9-8-14-24(19-22-11-10-15-25(31)20-22)29(27)34(33-28)26-16-6-3-7-17-26;1-18(20-9-3-2-4-10-20)35-27(39)25-23-13-6-5-11-21(16-19-8-7-12-22(30)17-19)26(23)38(37-25)28-34-15-14-24(36-28)29(31,32)33/h2-4,7-10,12,14-15,17-19,22H,5-6,11,13,16H2,1H3,(H,34,37);2,4-5,10-13,15,20-21,24,26H,3,6-9,14,16-19H2,1H3,(H,32,35);2-4,7-10,12,14-15,17-18,21H,5-6,11,13,16H2,1H3,(H,35,39)/t19-,22?;21-,24?;18-,21?/m111/s1. The fourth-order valence-electron chi connectivity index (χ4n) is 16.4. The average Bonchev–Trinajstić information content (AvgIpc) is 1.63. The second-order valence-electron chi connectivity index (χ2n) is 29.7. The van der Waals surface area contributed by atoms with Crippen molar-refractivity contribution >= 4 is 29.3 Å². The van der Waals surface area contributed by atoms with Crippen molar-refractivity contribution in [3.05, 3.63) is 312 Å². The summed E-state index contributed by atoms with van der Waals surface area (Å²) in [5.74, 6) is -2.99. The molecular weight excluding hydrogens is 1440 g/mol. The zero-order valence-electron chi connectivity index (χ0n) is 62.5. The van der Waals surface area contributed by atoms with Crippen LogP contribution in [0.2, 0.25) is 5.02 Å². The van der Waals surface area contributed by atoms with E-state index >= 15 is 4.39 Å². The highest BCUT2D eigenvalue weighted by molar-refractivity contribution is 6.30. The van der Waals surface area contributed by atoms with Gasteiger partial charge in [-0.3, -0.25) is 19.1 Å². The fraction of sp³-hybridized carbons (Fsp3) is 0.348. The molecule has 1 fully saturated rings. The molecule has 576 valence electrons. The highest BCUT2D eigenvalue weighted by Crippen LogP contribution is 2.43. The van der Waals surface area contributed by atoms with Crippen LogP contribution in [0.1, 0.15) is 257 Å². The van der Waals surface area contributed by atoms with Gasteiger partial charge >= 0.3 is 6.18 Å². The molecular formula is C89H91ClF7N11O3. The van der Waals surface area contributed by atoms with Gasteiger partial charge in [-0.25, -0.2) is 36.9 Å². The van der Waals surface area contributed by atoms with Crippen molar-refractivity contribution in [1.82, 2.24) is 55.3 Å². The molecule has 4 heterocycles. The van der Waals surface area contributed by atoms with Crippen LogP contribution >= 0.6 is 11.6 Å². The number of hydrogen-bond acceptors (Lipinski definition) is 8. The summed E-state index contributed by atoms with van der Waals surface area (Å²) in [6.45, 7) is 5.80. The third-order valence-electron chi connectivity index (χ3n) is 21.8. The van der Waals surface area contributed by atoms with Crippen molar-refractivity contribution in [3.63, 3.8) is 0 Å². The average molecular weight is 1530 g/mol. The molecule has 3 unspecified atom stereocenters. The summed E-state index contributed by atoms with van der Waals surface area (Å²) in [6, 6.07) is 54.0. The van der Waals surface area contributed by atoms with Crippen molar-refractivity contribution in [3.8, 4) is 11.6 Å². The van der Waals surface area contributed by atoms with E-state index in [9.17, 15) is 40.7 Å². The molecule has 0 aliphatic heterocycles. The third-order valence-corrected chi connectivity index (χ3v) is 22.1. The molecule has 0 bridgehead atoms. The smallest absolute Gasteiger partial charge is 0.344 e. The van der Waals surface area contributed by atoms with E-state index in [1.54, 1.807) is 24.3 Å². The second-order valence-corrected chi connectivity index (χ2v) is 30.1. The number of nitrogens with zero attached hydrogens (tertiary/aromatic N) is 8. The van der Waals surface area contributed by atoms with Gasteiger partial charge in [0.05, 0.1) is 35.6 Å².